The molecule has 0 aromatic rings. The van der Waals surface area contributed by atoms with Crippen LogP contribution in [0.2, 0.25) is 0 Å². The van der Waals surface area contributed by atoms with Gasteiger partial charge in [0, 0.05) is 32.8 Å². The van der Waals surface area contributed by atoms with Crippen LogP contribution in [0.25, 0.3) is 0 Å². The van der Waals surface area contributed by atoms with Crippen molar-refractivity contribution in [3.8, 4) is 0 Å². The molecule has 0 aromatic carbocycles. The first-order valence-corrected chi connectivity index (χ1v) is 8.73. The summed E-state index contributed by atoms with van der Waals surface area (Å²) >= 11 is 0. The average molecular weight is 308 g/mol. The number of likely N-dealkylation sites (tertiary alicyclic amines) is 1. The van der Waals surface area contributed by atoms with Gasteiger partial charge in [0.2, 0.25) is 5.91 Å². The molecule has 0 unspecified atom stereocenters. The molecule has 5 heteroatoms. The molecule has 0 bridgehead atoms. The Hall–Kier alpha value is -1.07. The summed E-state index contributed by atoms with van der Waals surface area (Å²) in [5.74, 6) is 0.266. The molecule has 5 nitrogen and oxygen atoms in total. The van der Waals surface area contributed by atoms with E-state index in [1.165, 1.54) is 0 Å². The molecule has 0 spiro atoms. The summed E-state index contributed by atoms with van der Waals surface area (Å²) in [7, 11) is 0. The first-order valence-electron chi connectivity index (χ1n) is 8.73. The topological polar surface area (TPSA) is 42.0 Å². The largest absolute Gasteiger partial charge is 0.497 e. The Morgan fingerprint density at radius 2 is 1.95 bits per heavy atom. The van der Waals surface area contributed by atoms with Gasteiger partial charge >= 0.3 is 0 Å². The van der Waals surface area contributed by atoms with Gasteiger partial charge in [-0.15, -0.1) is 0 Å². The highest BCUT2D eigenvalue weighted by Crippen LogP contribution is 2.17. The van der Waals surface area contributed by atoms with E-state index in [-0.39, 0.29) is 18.1 Å². The van der Waals surface area contributed by atoms with E-state index >= 15 is 0 Å². The van der Waals surface area contributed by atoms with Crippen molar-refractivity contribution in [2.45, 2.75) is 50.7 Å². The van der Waals surface area contributed by atoms with Crippen molar-refractivity contribution in [1.29, 1.82) is 0 Å². The highest BCUT2D eigenvalue weighted by molar-refractivity contribution is 5.78. The SMILES string of the molecule is O=C(CN(C[C@@H]1CCC=CO1)C[C@@H]1CCCO1)N1CCCC1. The van der Waals surface area contributed by atoms with Gasteiger partial charge in [-0.2, -0.15) is 0 Å². The van der Waals surface area contributed by atoms with Crippen molar-refractivity contribution in [3.05, 3.63) is 12.3 Å². The summed E-state index contributed by atoms with van der Waals surface area (Å²) < 4.78 is 11.5. The maximum Gasteiger partial charge on any atom is 0.236 e. The molecule has 3 heterocycles. The Balaban J connectivity index is 1.54. The second kappa shape index (κ2) is 7.97. The minimum Gasteiger partial charge on any atom is -0.497 e. The van der Waals surface area contributed by atoms with E-state index in [4.69, 9.17) is 9.47 Å². The first-order chi connectivity index (χ1) is 10.8. The fraction of sp³-hybridized carbons (Fsp3) is 0.824. The molecular formula is C17H28N2O3. The molecule has 0 aromatic heterocycles. The zero-order chi connectivity index (χ0) is 15.2. The minimum atomic E-state index is 0.206. The number of allylic oxidation sites excluding steroid dienone is 1. The lowest BCUT2D eigenvalue weighted by molar-refractivity contribution is -0.132. The summed E-state index contributed by atoms with van der Waals surface area (Å²) in [6.45, 7) is 4.89. The highest BCUT2D eigenvalue weighted by Gasteiger charge is 2.26. The van der Waals surface area contributed by atoms with Crippen molar-refractivity contribution in [3.63, 3.8) is 0 Å². The van der Waals surface area contributed by atoms with Gasteiger partial charge in [0.1, 0.15) is 6.10 Å². The number of ether oxygens (including phenoxy) is 2. The Morgan fingerprint density at radius 1 is 1.14 bits per heavy atom. The van der Waals surface area contributed by atoms with Crippen LogP contribution in [-0.2, 0) is 14.3 Å². The molecule has 2 saturated heterocycles. The van der Waals surface area contributed by atoms with Gasteiger partial charge in [-0.05, 0) is 44.6 Å². The summed E-state index contributed by atoms with van der Waals surface area (Å²) in [6, 6.07) is 0. The van der Waals surface area contributed by atoms with E-state index in [0.717, 1.165) is 71.3 Å². The maximum atomic E-state index is 12.5. The van der Waals surface area contributed by atoms with Crippen LogP contribution in [0.4, 0.5) is 0 Å². The van der Waals surface area contributed by atoms with Crippen LogP contribution in [0.3, 0.4) is 0 Å². The molecule has 0 saturated carbocycles. The van der Waals surface area contributed by atoms with Crippen LogP contribution in [0.15, 0.2) is 12.3 Å². The predicted molar refractivity (Wildman–Crippen MR) is 84.5 cm³/mol. The minimum absolute atomic E-state index is 0.206. The number of hydrogen-bond acceptors (Lipinski definition) is 4. The molecular weight excluding hydrogens is 280 g/mol. The van der Waals surface area contributed by atoms with Crippen molar-refractivity contribution in [2.75, 3.05) is 39.3 Å². The second-order valence-electron chi connectivity index (χ2n) is 6.62. The van der Waals surface area contributed by atoms with Crippen LogP contribution < -0.4 is 0 Å². The van der Waals surface area contributed by atoms with E-state index < -0.39 is 0 Å². The Labute approximate surface area is 133 Å². The Kier molecular flexibility index (Phi) is 5.73. The van der Waals surface area contributed by atoms with E-state index in [9.17, 15) is 4.79 Å². The Bertz CT molecular complexity index is 387. The predicted octanol–water partition coefficient (Wildman–Crippen LogP) is 1.78. The second-order valence-corrected chi connectivity index (χ2v) is 6.62. The Morgan fingerprint density at radius 3 is 2.64 bits per heavy atom. The van der Waals surface area contributed by atoms with Gasteiger partial charge in [-0.25, -0.2) is 0 Å². The molecule has 2 atom stereocenters. The average Bonchev–Trinajstić information content (AvgIpc) is 3.21. The van der Waals surface area contributed by atoms with Crippen LogP contribution in [0.1, 0.15) is 38.5 Å². The summed E-state index contributed by atoms with van der Waals surface area (Å²) in [5.41, 5.74) is 0. The number of amides is 1. The molecule has 0 radical (unpaired) electrons. The lowest BCUT2D eigenvalue weighted by atomic mass is 10.1. The normalized spacial score (nSPS) is 28.3. The van der Waals surface area contributed by atoms with Gasteiger partial charge in [0.15, 0.2) is 0 Å². The summed E-state index contributed by atoms with van der Waals surface area (Å²) in [6.07, 6.45) is 11.0. The fourth-order valence-corrected chi connectivity index (χ4v) is 3.54. The number of hydrogen-bond donors (Lipinski definition) is 0. The van der Waals surface area contributed by atoms with Gasteiger partial charge in [0.05, 0.1) is 18.9 Å². The van der Waals surface area contributed by atoms with Gasteiger partial charge in [-0.1, -0.05) is 0 Å². The standard InChI is InChI=1S/C17H28N2O3/c20-17(19-8-2-3-9-19)14-18(13-16-7-5-11-22-16)12-15-6-1-4-10-21-15/h4,10,15-16H,1-3,5-9,11-14H2/t15-,16-/m0/s1. The van der Waals surface area contributed by atoms with Crippen LogP contribution in [0, 0.1) is 0 Å². The lowest BCUT2D eigenvalue weighted by Gasteiger charge is -2.30. The molecule has 2 fully saturated rings. The zero-order valence-electron chi connectivity index (χ0n) is 13.4. The van der Waals surface area contributed by atoms with Crippen molar-refractivity contribution < 1.29 is 14.3 Å². The van der Waals surface area contributed by atoms with Crippen molar-refractivity contribution >= 4 is 5.91 Å². The van der Waals surface area contributed by atoms with E-state index in [0.29, 0.717) is 6.54 Å². The van der Waals surface area contributed by atoms with E-state index in [2.05, 4.69) is 11.0 Å². The van der Waals surface area contributed by atoms with E-state index in [1.54, 1.807) is 6.26 Å². The summed E-state index contributed by atoms with van der Waals surface area (Å²) in [5, 5.41) is 0. The van der Waals surface area contributed by atoms with Crippen LogP contribution >= 0.6 is 0 Å². The first kappa shape index (κ1) is 15.8. The molecule has 0 N–H and O–H groups in total. The third kappa shape index (κ3) is 4.46. The maximum absolute atomic E-state index is 12.5. The molecule has 3 aliphatic rings. The molecule has 124 valence electrons. The molecule has 1 amide bonds. The number of carbonyl (C=O) groups excluding carboxylic acids is 1. The zero-order valence-corrected chi connectivity index (χ0v) is 13.4. The quantitative estimate of drug-likeness (QED) is 0.750. The van der Waals surface area contributed by atoms with Crippen molar-refractivity contribution in [2.24, 2.45) is 0 Å². The molecule has 3 rings (SSSR count). The van der Waals surface area contributed by atoms with Crippen molar-refractivity contribution in [1.82, 2.24) is 9.80 Å². The number of rotatable bonds is 6. The van der Waals surface area contributed by atoms with E-state index in [1.807, 2.05) is 4.90 Å². The summed E-state index contributed by atoms with van der Waals surface area (Å²) in [4.78, 5) is 16.7. The van der Waals surface area contributed by atoms with Crippen LogP contribution in [-0.4, -0.2) is 67.2 Å². The third-order valence-corrected chi connectivity index (χ3v) is 4.79. The smallest absolute Gasteiger partial charge is 0.236 e. The molecule has 0 aliphatic carbocycles. The molecule has 3 aliphatic heterocycles. The molecule has 22 heavy (non-hydrogen) atoms. The van der Waals surface area contributed by atoms with Gasteiger partial charge < -0.3 is 14.4 Å². The van der Waals surface area contributed by atoms with Gasteiger partial charge in [0.25, 0.3) is 0 Å². The number of nitrogens with zero attached hydrogens (tertiary/aromatic N) is 2. The number of carbonyl (C=O) groups is 1. The lowest BCUT2D eigenvalue weighted by Crippen LogP contribution is -2.45. The third-order valence-electron chi connectivity index (χ3n) is 4.79. The highest BCUT2D eigenvalue weighted by atomic mass is 16.5. The van der Waals surface area contributed by atoms with Gasteiger partial charge in [-0.3, -0.25) is 9.69 Å². The van der Waals surface area contributed by atoms with Crippen LogP contribution in [0.5, 0.6) is 0 Å². The fourth-order valence-electron chi connectivity index (χ4n) is 3.54. The monoisotopic (exact) mass is 308 g/mol.